The van der Waals surface area contributed by atoms with Crippen LogP contribution in [-0.2, 0) is 0 Å². The Morgan fingerprint density at radius 1 is 1.65 bits per heavy atom. The predicted octanol–water partition coefficient (Wildman–Crippen LogP) is 2.86. The van der Waals surface area contributed by atoms with Gasteiger partial charge in [0.1, 0.15) is 5.54 Å². The minimum atomic E-state index is -0.479. The van der Waals surface area contributed by atoms with Gasteiger partial charge in [0.05, 0.1) is 16.1 Å². The van der Waals surface area contributed by atoms with Crippen molar-refractivity contribution in [3.8, 4) is 6.07 Å². The maximum absolute atomic E-state index is 9.22. The van der Waals surface area contributed by atoms with Crippen molar-refractivity contribution < 1.29 is 0 Å². The Kier molecular flexibility index (Phi) is 3.93. The number of hydrogen-bond donors (Lipinski definition) is 1. The molecule has 1 aromatic heterocycles. The highest BCUT2D eigenvalue weighted by Crippen LogP contribution is 2.26. The summed E-state index contributed by atoms with van der Waals surface area (Å²) in [6.45, 7) is 1.94. The van der Waals surface area contributed by atoms with Gasteiger partial charge in [0.15, 0.2) is 0 Å². The molecule has 1 saturated carbocycles. The van der Waals surface area contributed by atoms with Gasteiger partial charge in [-0.05, 0) is 31.9 Å². The third-order valence-electron chi connectivity index (χ3n) is 2.56. The normalized spacial score (nSPS) is 18.4. The molecule has 0 spiro atoms. The largest absolute Gasteiger partial charge is 0.296 e. The van der Waals surface area contributed by atoms with Crippen molar-refractivity contribution in [2.75, 3.05) is 5.75 Å². The Morgan fingerprint density at radius 2 is 2.41 bits per heavy atom. The van der Waals surface area contributed by atoms with Gasteiger partial charge in [-0.25, -0.2) is 4.98 Å². The number of pyridine rings is 1. The van der Waals surface area contributed by atoms with Gasteiger partial charge in [0.25, 0.3) is 0 Å². The van der Waals surface area contributed by atoms with Crippen LogP contribution in [0.5, 0.6) is 0 Å². The number of nitrogens with zero attached hydrogens (tertiary/aromatic N) is 2. The highest BCUT2D eigenvalue weighted by atomic mass is 35.5. The molecule has 0 bridgehead atoms. The van der Waals surface area contributed by atoms with E-state index in [0.717, 1.165) is 5.03 Å². The minimum Gasteiger partial charge on any atom is -0.296 e. The molecule has 5 heteroatoms. The summed E-state index contributed by atoms with van der Waals surface area (Å²) in [6, 6.07) is 6.56. The lowest BCUT2D eigenvalue weighted by atomic mass is 10.1. The quantitative estimate of drug-likeness (QED) is 0.834. The Labute approximate surface area is 111 Å². The lowest BCUT2D eigenvalue weighted by molar-refractivity contribution is 0.490. The first-order valence-corrected chi connectivity index (χ1v) is 6.91. The third kappa shape index (κ3) is 3.88. The molecule has 0 aliphatic heterocycles. The highest BCUT2D eigenvalue weighted by molar-refractivity contribution is 7.99. The summed E-state index contributed by atoms with van der Waals surface area (Å²) < 4.78 is 0. The van der Waals surface area contributed by atoms with Crippen molar-refractivity contribution in [2.45, 2.75) is 36.4 Å². The Hall–Kier alpha value is -0.760. The first-order chi connectivity index (χ1) is 8.11. The van der Waals surface area contributed by atoms with Gasteiger partial charge in [-0.1, -0.05) is 11.6 Å². The van der Waals surface area contributed by atoms with E-state index < -0.39 is 5.54 Å². The van der Waals surface area contributed by atoms with Gasteiger partial charge in [0.2, 0.25) is 0 Å². The van der Waals surface area contributed by atoms with Gasteiger partial charge in [-0.3, -0.25) is 5.32 Å². The Bertz CT molecular complexity index is 424. The van der Waals surface area contributed by atoms with Gasteiger partial charge in [0, 0.05) is 18.0 Å². The molecule has 1 fully saturated rings. The summed E-state index contributed by atoms with van der Waals surface area (Å²) in [5, 5.41) is 14.1. The van der Waals surface area contributed by atoms with E-state index in [1.807, 2.05) is 19.1 Å². The molecule has 1 unspecified atom stereocenters. The predicted molar refractivity (Wildman–Crippen MR) is 70.1 cm³/mol. The Morgan fingerprint density at radius 3 is 2.94 bits per heavy atom. The summed E-state index contributed by atoms with van der Waals surface area (Å²) in [7, 11) is 0. The van der Waals surface area contributed by atoms with Crippen LogP contribution in [-0.4, -0.2) is 22.3 Å². The maximum atomic E-state index is 9.22. The first-order valence-electron chi connectivity index (χ1n) is 5.55. The van der Waals surface area contributed by atoms with E-state index in [4.69, 9.17) is 11.6 Å². The monoisotopic (exact) mass is 267 g/mol. The lowest BCUT2D eigenvalue weighted by Gasteiger charge is -2.22. The molecule has 1 N–H and O–H groups in total. The number of rotatable bonds is 5. The summed E-state index contributed by atoms with van der Waals surface area (Å²) in [6.07, 6.45) is 3.99. The van der Waals surface area contributed by atoms with Crippen molar-refractivity contribution in [3.63, 3.8) is 0 Å². The van der Waals surface area contributed by atoms with Crippen molar-refractivity contribution in [2.24, 2.45) is 0 Å². The van der Waals surface area contributed by atoms with Crippen LogP contribution in [0.2, 0.25) is 5.02 Å². The fraction of sp³-hybridized carbons (Fsp3) is 0.500. The van der Waals surface area contributed by atoms with Gasteiger partial charge in [-0.2, -0.15) is 5.26 Å². The fourth-order valence-corrected chi connectivity index (χ4v) is 2.44. The molecule has 0 saturated heterocycles. The maximum Gasteiger partial charge on any atom is 0.113 e. The van der Waals surface area contributed by atoms with E-state index in [2.05, 4.69) is 16.4 Å². The average Bonchev–Trinajstić information content (AvgIpc) is 3.12. The second kappa shape index (κ2) is 5.26. The molecular formula is C12H14ClN3S. The topological polar surface area (TPSA) is 48.7 Å². The highest BCUT2D eigenvalue weighted by Gasteiger charge is 2.32. The van der Waals surface area contributed by atoms with Crippen LogP contribution in [0.4, 0.5) is 0 Å². The molecule has 1 aromatic rings. The first kappa shape index (κ1) is 12.7. The van der Waals surface area contributed by atoms with Crippen LogP contribution < -0.4 is 5.32 Å². The molecule has 0 aromatic carbocycles. The van der Waals surface area contributed by atoms with Crippen LogP contribution in [0, 0.1) is 11.3 Å². The average molecular weight is 268 g/mol. The molecule has 1 atom stereocenters. The zero-order valence-corrected chi connectivity index (χ0v) is 11.2. The minimum absolute atomic E-state index is 0.479. The van der Waals surface area contributed by atoms with Crippen LogP contribution >= 0.6 is 23.4 Å². The summed E-state index contributed by atoms with van der Waals surface area (Å²) in [5.74, 6) is 0.689. The molecule has 0 radical (unpaired) electrons. The van der Waals surface area contributed by atoms with E-state index in [-0.39, 0.29) is 0 Å². The molecule has 1 aliphatic rings. The molecular weight excluding hydrogens is 254 g/mol. The lowest BCUT2D eigenvalue weighted by Crippen LogP contribution is -2.44. The second-order valence-corrected chi connectivity index (χ2v) is 5.90. The number of nitriles is 1. The van der Waals surface area contributed by atoms with E-state index >= 15 is 0 Å². The van der Waals surface area contributed by atoms with Crippen LogP contribution in [0.3, 0.4) is 0 Å². The van der Waals surface area contributed by atoms with Crippen molar-refractivity contribution in [1.29, 1.82) is 5.26 Å². The molecule has 3 nitrogen and oxygen atoms in total. The Balaban J connectivity index is 1.91. The van der Waals surface area contributed by atoms with Gasteiger partial charge >= 0.3 is 0 Å². The van der Waals surface area contributed by atoms with E-state index in [9.17, 15) is 5.26 Å². The van der Waals surface area contributed by atoms with Crippen LogP contribution in [0.15, 0.2) is 23.4 Å². The standard InChI is InChI=1S/C12H14ClN3S/c1-12(7-14,16-10-3-4-10)8-17-11-5-2-9(13)6-15-11/h2,5-6,10,16H,3-4,8H2,1H3. The zero-order valence-electron chi connectivity index (χ0n) is 9.61. The molecule has 90 valence electrons. The zero-order chi connectivity index (χ0) is 12.3. The summed E-state index contributed by atoms with van der Waals surface area (Å²) in [4.78, 5) is 4.20. The van der Waals surface area contributed by atoms with Gasteiger partial charge < -0.3 is 0 Å². The van der Waals surface area contributed by atoms with Crippen molar-refractivity contribution in [1.82, 2.24) is 10.3 Å². The number of hydrogen-bond acceptors (Lipinski definition) is 4. The van der Waals surface area contributed by atoms with Crippen molar-refractivity contribution >= 4 is 23.4 Å². The number of aromatic nitrogens is 1. The number of halogens is 1. The third-order valence-corrected chi connectivity index (χ3v) is 4.04. The molecule has 1 aliphatic carbocycles. The van der Waals surface area contributed by atoms with E-state index in [1.54, 1.807) is 18.0 Å². The molecule has 0 amide bonds. The number of thioether (sulfide) groups is 1. The van der Waals surface area contributed by atoms with E-state index in [1.165, 1.54) is 12.8 Å². The number of nitrogens with one attached hydrogen (secondary N) is 1. The molecule has 17 heavy (non-hydrogen) atoms. The van der Waals surface area contributed by atoms with Crippen LogP contribution in [0.25, 0.3) is 0 Å². The van der Waals surface area contributed by atoms with Crippen LogP contribution in [0.1, 0.15) is 19.8 Å². The van der Waals surface area contributed by atoms with E-state index in [0.29, 0.717) is 16.8 Å². The SMILES string of the molecule is CC(C#N)(CSc1ccc(Cl)cn1)NC1CC1. The summed E-state index contributed by atoms with van der Waals surface area (Å²) in [5.41, 5.74) is -0.479. The molecule has 2 rings (SSSR count). The molecule has 1 heterocycles. The second-order valence-electron chi connectivity index (χ2n) is 4.47. The van der Waals surface area contributed by atoms with Gasteiger partial charge in [-0.15, -0.1) is 11.8 Å². The summed E-state index contributed by atoms with van der Waals surface area (Å²) >= 11 is 7.35. The smallest absolute Gasteiger partial charge is 0.113 e. The fourth-order valence-electron chi connectivity index (χ4n) is 1.45. The van der Waals surface area contributed by atoms with Crippen molar-refractivity contribution in [3.05, 3.63) is 23.4 Å².